The molecule has 0 fully saturated rings. The third kappa shape index (κ3) is 3.46. The van der Waals surface area contributed by atoms with E-state index in [1.165, 1.54) is 6.08 Å². The number of nitrogens with one attached hydrogen (secondary N) is 2. The third-order valence-corrected chi connectivity index (χ3v) is 2.31. The molecule has 1 amide bonds. The molecule has 2 aromatic rings. The van der Waals surface area contributed by atoms with Gasteiger partial charge < -0.3 is 5.32 Å². The fourth-order valence-corrected chi connectivity index (χ4v) is 1.37. The molecule has 0 spiro atoms. The van der Waals surface area contributed by atoms with E-state index >= 15 is 0 Å². The van der Waals surface area contributed by atoms with Crippen LogP contribution in [0.4, 0.5) is 5.82 Å². The number of aromatic nitrogens is 2. The van der Waals surface area contributed by atoms with E-state index in [1.807, 2.05) is 12.1 Å². The Hall–Kier alpha value is -2.07. The van der Waals surface area contributed by atoms with Crippen LogP contribution in [-0.2, 0) is 4.79 Å². The zero-order valence-electron chi connectivity index (χ0n) is 8.85. The number of hydrogen-bond acceptors (Lipinski definition) is 2. The molecule has 0 saturated heterocycles. The van der Waals surface area contributed by atoms with Crippen LogP contribution >= 0.6 is 11.6 Å². The Morgan fingerprint density at radius 2 is 2.06 bits per heavy atom. The number of anilines is 1. The summed E-state index contributed by atoms with van der Waals surface area (Å²) in [4.78, 5) is 11.5. The Bertz CT molecular complexity index is 517. The van der Waals surface area contributed by atoms with Crippen molar-refractivity contribution < 1.29 is 4.79 Å². The van der Waals surface area contributed by atoms with Crippen molar-refractivity contribution in [2.45, 2.75) is 0 Å². The first-order chi connectivity index (χ1) is 8.24. The number of benzene rings is 1. The molecule has 5 heteroatoms. The topological polar surface area (TPSA) is 57.8 Å². The van der Waals surface area contributed by atoms with Crippen molar-refractivity contribution in [1.82, 2.24) is 10.2 Å². The van der Waals surface area contributed by atoms with Crippen molar-refractivity contribution in [3.8, 4) is 0 Å². The lowest BCUT2D eigenvalue weighted by atomic mass is 10.2. The number of nitrogens with zero attached hydrogens (tertiary/aromatic N) is 1. The smallest absolute Gasteiger partial charge is 0.249 e. The minimum Gasteiger partial charge on any atom is -0.307 e. The summed E-state index contributed by atoms with van der Waals surface area (Å²) < 4.78 is 0. The fourth-order valence-electron chi connectivity index (χ4n) is 1.25. The van der Waals surface area contributed by atoms with Gasteiger partial charge in [0.25, 0.3) is 0 Å². The van der Waals surface area contributed by atoms with Gasteiger partial charge in [0, 0.05) is 17.2 Å². The van der Waals surface area contributed by atoms with Crippen molar-refractivity contribution in [2.24, 2.45) is 0 Å². The van der Waals surface area contributed by atoms with Crippen LogP contribution in [0.1, 0.15) is 5.56 Å². The highest BCUT2D eigenvalue weighted by molar-refractivity contribution is 6.30. The van der Waals surface area contributed by atoms with E-state index in [1.54, 1.807) is 30.5 Å². The zero-order chi connectivity index (χ0) is 12.1. The van der Waals surface area contributed by atoms with E-state index in [0.717, 1.165) is 5.56 Å². The second kappa shape index (κ2) is 5.32. The molecule has 2 rings (SSSR count). The number of H-pyrrole nitrogens is 1. The van der Waals surface area contributed by atoms with E-state index < -0.39 is 0 Å². The van der Waals surface area contributed by atoms with E-state index in [0.29, 0.717) is 10.8 Å². The molecule has 0 aliphatic carbocycles. The number of aromatic amines is 1. The number of halogens is 1. The Morgan fingerprint density at radius 3 is 2.71 bits per heavy atom. The van der Waals surface area contributed by atoms with Crippen molar-refractivity contribution >= 4 is 29.4 Å². The Labute approximate surface area is 103 Å². The Balaban J connectivity index is 1.96. The summed E-state index contributed by atoms with van der Waals surface area (Å²) in [7, 11) is 0. The van der Waals surface area contributed by atoms with Gasteiger partial charge in [-0.3, -0.25) is 9.89 Å². The van der Waals surface area contributed by atoms with Crippen LogP contribution in [0.25, 0.3) is 6.08 Å². The normalized spacial score (nSPS) is 10.6. The Morgan fingerprint density at radius 1 is 1.29 bits per heavy atom. The molecule has 4 nitrogen and oxygen atoms in total. The van der Waals surface area contributed by atoms with Crippen LogP contribution in [-0.4, -0.2) is 16.1 Å². The lowest BCUT2D eigenvalue weighted by Gasteiger charge is -1.97. The average molecular weight is 248 g/mol. The predicted octanol–water partition coefficient (Wildman–Crippen LogP) is 2.71. The summed E-state index contributed by atoms with van der Waals surface area (Å²) in [6.45, 7) is 0. The number of carbonyl (C=O) groups excluding carboxylic acids is 1. The summed E-state index contributed by atoms with van der Waals surface area (Å²) in [6.07, 6.45) is 4.73. The highest BCUT2D eigenvalue weighted by Crippen LogP contribution is 2.10. The molecule has 0 saturated carbocycles. The molecule has 86 valence electrons. The van der Waals surface area contributed by atoms with Crippen LogP contribution < -0.4 is 5.32 Å². The second-order valence-electron chi connectivity index (χ2n) is 3.34. The van der Waals surface area contributed by atoms with Crippen molar-refractivity contribution in [2.75, 3.05) is 5.32 Å². The van der Waals surface area contributed by atoms with Gasteiger partial charge in [-0.2, -0.15) is 5.10 Å². The summed E-state index contributed by atoms with van der Waals surface area (Å²) in [5.74, 6) is 0.347. The van der Waals surface area contributed by atoms with Crippen LogP contribution in [0, 0.1) is 0 Å². The first-order valence-corrected chi connectivity index (χ1v) is 5.36. The number of carbonyl (C=O) groups is 1. The van der Waals surface area contributed by atoms with E-state index in [9.17, 15) is 4.79 Å². The summed E-state index contributed by atoms with van der Waals surface area (Å²) in [5, 5.41) is 9.67. The minimum absolute atomic E-state index is 0.218. The van der Waals surface area contributed by atoms with E-state index in [4.69, 9.17) is 11.6 Å². The molecule has 2 N–H and O–H groups in total. The average Bonchev–Trinajstić information content (AvgIpc) is 2.81. The maximum absolute atomic E-state index is 11.5. The lowest BCUT2D eigenvalue weighted by molar-refractivity contribution is -0.111. The van der Waals surface area contributed by atoms with Crippen LogP contribution in [0.2, 0.25) is 5.02 Å². The second-order valence-corrected chi connectivity index (χ2v) is 3.78. The largest absolute Gasteiger partial charge is 0.307 e. The molecule has 1 heterocycles. The fraction of sp³-hybridized carbons (Fsp3) is 0. The van der Waals surface area contributed by atoms with Gasteiger partial charge >= 0.3 is 0 Å². The van der Waals surface area contributed by atoms with Gasteiger partial charge in [-0.1, -0.05) is 23.7 Å². The highest BCUT2D eigenvalue weighted by Gasteiger charge is 1.97. The van der Waals surface area contributed by atoms with Gasteiger partial charge in [-0.05, 0) is 23.8 Å². The molecule has 0 aliphatic heterocycles. The predicted molar refractivity (Wildman–Crippen MR) is 67.7 cm³/mol. The summed E-state index contributed by atoms with van der Waals surface area (Å²) >= 11 is 5.75. The van der Waals surface area contributed by atoms with Gasteiger partial charge in [0.15, 0.2) is 0 Å². The van der Waals surface area contributed by atoms with Crippen molar-refractivity contribution in [1.29, 1.82) is 0 Å². The van der Waals surface area contributed by atoms with Gasteiger partial charge in [0.2, 0.25) is 5.91 Å². The Kier molecular flexibility index (Phi) is 3.57. The molecular formula is C12H10ClN3O. The number of rotatable bonds is 3. The van der Waals surface area contributed by atoms with Crippen molar-refractivity contribution in [3.05, 3.63) is 53.2 Å². The van der Waals surface area contributed by atoms with E-state index in [-0.39, 0.29) is 5.91 Å². The van der Waals surface area contributed by atoms with Gasteiger partial charge in [-0.15, -0.1) is 0 Å². The summed E-state index contributed by atoms with van der Waals surface area (Å²) in [5.41, 5.74) is 0.911. The molecule has 1 aromatic carbocycles. The quantitative estimate of drug-likeness (QED) is 0.820. The highest BCUT2D eigenvalue weighted by atomic mass is 35.5. The number of hydrogen-bond donors (Lipinski definition) is 2. The third-order valence-electron chi connectivity index (χ3n) is 2.06. The molecular weight excluding hydrogens is 238 g/mol. The first kappa shape index (κ1) is 11.4. The number of amides is 1. The van der Waals surface area contributed by atoms with E-state index in [2.05, 4.69) is 15.5 Å². The van der Waals surface area contributed by atoms with Crippen LogP contribution in [0.15, 0.2) is 42.6 Å². The maximum atomic E-state index is 11.5. The van der Waals surface area contributed by atoms with Gasteiger partial charge in [0.05, 0.1) is 6.20 Å². The molecule has 0 aliphatic rings. The molecule has 17 heavy (non-hydrogen) atoms. The first-order valence-electron chi connectivity index (χ1n) is 4.98. The molecule has 0 radical (unpaired) electrons. The SMILES string of the molecule is O=C(C=Cc1ccc(Cl)cc1)Nc1ccn[nH]1. The van der Waals surface area contributed by atoms with Gasteiger partial charge in [0.1, 0.15) is 5.82 Å². The molecule has 0 unspecified atom stereocenters. The summed E-state index contributed by atoms with van der Waals surface area (Å²) in [6, 6.07) is 8.89. The standard InChI is InChI=1S/C12H10ClN3O/c13-10-4-1-9(2-5-10)3-6-12(17)15-11-7-8-14-16-11/h1-8H,(H2,14,15,16,17). The lowest BCUT2D eigenvalue weighted by Crippen LogP contribution is -2.07. The monoisotopic (exact) mass is 247 g/mol. The minimum atomic E-state index is -0.218. The van der Waals surface area contributed by atoms with Crippen LogP contribution in [0.5, 0.6) is 0 Å². The molecule has 0 bridgehead atoms. The zero-order valence-corrected chi connectivity index (χ0v) is 9.61. The van der Waals surface area contributed by atoms with Gasteiger partial charge in [-0.25, -0.2) is 0 Å². The van der Waals surface area contributed by atoms with Crippen LogP contribution in [0.3, 0.4) is 0 Å². The maximum Gasteiger partial charge on any atom is 0.249 e. The molecule has 0 atom stereocenters. The molecule has 1 aromatic heterocycles. The van der Waals surface area contributed by atoms with Crippen molar-refractivity contribution in [3.63, 3.8) is 0 Å².